The average Bonchev–Trinajstić information content (AvgIpc) is 3.43. The molecular weight excluding hydrogens is 554 g/mol. The lowest BCUT2D eigenvalue weighted by molar-refractivity contribution is -0.117. The van der Waals surface area contributed by atoms with Gasteiger partial charge in [0.2, 0.25) is 11.9 Å². The number of nitrogen functional groups attached to an aromatic ring is 1. The van der Waals surface area contributed by atoms with Crippen LogP contribution in [0.25, 0.3) is 33.2 Å². The molecule has 2 amide bonds. The molecule has 0 atom stereocenters. The van der Waals surface area contributed by atoms with Crippen LogP contribution in [0.4, 0.5) is 26.2 Å². The molecule has 1 saturated heterocycles. The van der Waals surface area contributed by atoms with E-state index in [-0.39, 0.29) is 34.4 Å². The highest BCUT2D eigenvalue weighted by Crippen LogP contribution is 2.44. The Balaban J connectivity index is 1.43. The van der Waals surface area contributed by atoms with E-state index >= 15 is 0 Å². The van der Waals surface area contributed by atoms with Crippen LogP contribution >= 0.6 is 0 Å². The summed E-state index contributed by atoms with van der Waals surface area (Å²) in [7, 11) is 0. The standard InChI is InChI=1S/C32H26F2N6O3/c1-17-7-8-19(31(43)38-22-5-2-4-18(12-22)30(33)34)13-23(17)24-14-21-16-37-32(35)39-28(21)27(29(24)42)20-9-10-25(36-15-20)40-11-3-6-26(40)41/h2,4-5,7-10,12-16,30,42H,3,6,11H2,1H3,(H,38,43)(H2,35,37,39). The Morgan fingerprint density at radius 3 is 2.60 bits per heavy atom. The SMILES string of the molecule is Cc1ccc(C(=O)Nc2cccc(C(F)F)c2)cc1-c1cc2cnc(N)nc2c(-c2ccc(N3CCCC3=O)nc2)c1O. The van der Waals surface area contributed by atoms with Gasteiger partial charge in [-0.25, -0.2) is 23.7 Å². The number of aromatic hydroxyl groups is 1. The van der Waals surface area contributed by atoms with Crippen LogP contribution in [0.1, 0.15) is 40.8 Å². The number of alkyl halides is 2. The van der Waals surface area contributed by atoms with Gasteiger partial charge in [-0.2, -0.15) is 0 Å². The third-order valence-electron chi connectivity index (χ3n) is 7.44. The fourth-order valence-corrected chi connectivity index (χ4v) is 5.25. The molecule has 0 aliphatic carbocycles. The van der Waals surface area contributed by atoms with E-state index in [1.54, 1.807) is 53.7 Å². The van der Waals surface area contributed by atoms with E-state index < -0.39 is 12.3 Å². The zero-order chi connectivity index (χ0) is 30.2. The molecule has 0 saturated carbocycles. The Bertz CT molecular complexity index is 1900. The lowest BCUT2D eigenvalue weighted by Crippen LogP contribution is -2.24. The van der Waals surface area contributed by atoms with Crippen LogP contribution in [0.3, 0.4) is 0 Å². The second-order valence-corrected chi connectivity index (χ2v) is 10.3. The molecule has 2 aromatic heterocycles. The largest absolute Gasteiger partial charge is 0.507 e. The van der Waals surface area contributed by atoms with Gasteiger partial charge >= 0.3 is 0 Å². The molecule has 3 aromatic carbocycles. The lowest BCUT2D eigenvalue weighted by atomic mass is 9.92. The van der Waals surface area contributed by atoms with Gasteiger partial charge in [-0.05, 0) is 66.9 Å². The van der Waals surface area contributed by atoms with Crippen LogP contribution in [0.5, 0.6) is 5.75 Å². The Kier molecular flexibility index (Phi) is 7.14. The van der Waals surface area contributed by atoms with Crippen molar-refractivity contribution in [2.45, 2.75) is 26.2 Å². The number of nitrogens with two attached hydrogens (primary N) is 1. The number of aromatic nitrogens is 3. The smallest absolute Gasteiger partial charge is 0.263 e. The molecule has 1 aliphatic rings. The molecule has 1 fully saturated rings. The maximum atomic E-state index is 13.2. The van der Waals surface area contributed by atoms with Crippen LogP contribution in [0, 0.1) is 6.92 Å². The highest BCUT2D eigenvalue weighted by Gasteiger charge is 2.24. The number of phenolic OH excluding ortho intramolecular Hbond substituents is 1. The number of anilines is 3. The van der Waals surface area contributed by atoms with E-state index in [2.05, 4.69) is 20.3 Å². The highest BCUT2D eigenvalue weighted by atomic mass is 19.3. The number of nitrogens with zero attached hydrogens (tertiary/aromatic N) is 4. The fraction of sp³-hybridized carbons (Fsp3) is 0.156. The first-order valence-corrected chi connectivity index (χ1v) is 13.5. The number of fused-ring (bicyclic) bond motifs is 1. The first-order chi connectivity index (χ1) is 20.7. The van der Waals surface area contributed by atoms with E-state index in [0.29, 0.717) is 51.9 Å². The summed E-state index contributed by atoms with van der Waals surface area (Å²) in [5.74, 6) is -0.0479. The molecule has 0 radical (unpaired) electrons. The number of benzene rings is 3. The first-order valence-electron chi connectivity index (χ1n) is 13.5. The molecule has 5 aromatic rings. The van der Waals surface area contributed by atoms with Crippen molar-refractivity contribution in [2.24, 2.45) is 0 Å². The van der Waals surface area contributed by atoms with Gasteiger partial charge in [0.25, 0.3) is 12.3 Å². The summed E-state index contributed by atoms with van der Waals surface area (Å²) in [6.07, 6.45) is 1.70. The third kappa shape index (κ3) is 5.32. The van der Waals surface area contributed by atoms with Crippen LogP contribution in [-0.2, 0) is 4.79 Å². The van der Waals surface area contributed by atoms with Crippen molar-refractivity contribution < 1.29 is 23.5 Å². The van der Waals surface area contributed by atoms with E-state index in [1.165, 1.54) is 24.3 Å². The van der Waals surface area contributed by atoms with E-state index in [0.717, 1.165) is 12.0 Å². The summed E-state index contributed by atoms with van der Waals surface area (Å²) in [4.78, 5) is 40.0. The molecule has 11 heteroatoms. The second kappa shape index (κ2) is 11.1. The van der Waals surface area contributed by atoms with Gasteiger partial charge in [-0.3, -0.25) is 14.5 Å². The number of nitrogens with one attached hydrogen (secondary N) is 1. The number of carbonyl (C=O) groups excluding carboxylic acids is 2. The normalized spacial score (nSPS) is 13.2. The summed E-state index contributed by atoms with van der Waals surface area (Å²) in [6.45, 7) is 2.44. The van der Waals surface area contributed by atoms with Crippen molar-refractivity contribution in [1.82, 2.24) is 15.0 Å². The zero-order valence-electron chi connectivity index (χ0n) is 23.0. The van der Waals surface area contributed by atoms with Crippen molar-refractivity contribution in [3.05, 3.63) is 89.7 Å². The number of hydrogen-bond donors (Lipinski definition) is 3. The number of pyridine rings is 1. The van der Waals surface area contributed by atoms with E-state index in [1.807, 2.05) is 6.92 Å². The third-order valence-corrected chi connectivity index (χ3v) is 7.44. The van der Waals surface area contributed by atoms with Crippen LogP contribution in [0.2, 0.25) is 0 Å². The van der Waals surface area contributed by atoms with Crippen LogP contribution in [-0.4, -0.2) is 38.4 Å². The van der Waals surface area contributed by atoms with Gasteiger partial charge in [0, 0.05) is 58.7 Å². The topological polar surface area (TPSA) is 134 Å². The molecule has 6 rings (SSSR count). The van der Waals surface area contributed by atoms with Crippen molar-refractivity contribution >= 4 is 40.2 Å². The maximum Gasteiger partial charge on any atom is 0.263 e. The molecule has 4 N–H and O–H groups in total. The molecule has 216 valence electrons. The summed E-state index contributed by atoms with van der Waals surface area (Å²) < 4.78 is 26.3. The minimum Gasteiger partial charge on any atom is -0.507 e. The van der Waals surface area contributed by atoms with Crippen LogP contribution in [0.15, 0.2) is 73.1 Å². The number of aryl methyl sites for hydroxylation is 1. The van der Waals surface area contributed by atoms with Crippen molar-refractivity contribution in [3.8, 4) is 28.0 Å². The van der Waals surface area contributed by atoms with Gasteiger partial charge in [0.1, 0.15) is 11.6 Å². The van der Waals surface area contributed by atoms with E-state index in [9.17, 15) is 23.5 Å². The molecule has 0 spiro atoms. The summed E-state index contributed by atoms with van der Waals surface area (Å²) in [5, 5.41) is 15.0. The van der Waals surface area contributed by atoms with Gasteiger partial charge in [-0.15, -0.1) is 0 Å². The number of hydrogen-bond acceptors (Lipinski definition) is 7. The van der Waals surface area contributed by atoms with E-state index in [4.69, 9.17) is 5.73 Å². The second-order valence-electron chi connectivity index (χ2n) is 10.3. The molecule has 43 heavy (non-hydrogen) atoms. The van der Waals surface area contributed by atoms with Crippen molar-refractivity contribution in [3.63, 3.8) is 0 Å². The number of amides is 2. The molecule has 0 bridgehead atoms. The predicted octanol–water partition coefficient (Wildman–Crippen LogP) is 6.27. The summed E-state index contributed by atoms with van der Waals surface area (Å²) >= 11 is 0. The molecule has 9 nitrogen and oxygen atoms in total. The first kappa shape index (κ1) is 27.7. The zero-order valence-corrected chi connectivity index (χ0v) is 23.0. The van der Waals surface area contributed by atoms with Gasteiger partial charge < -0.3 is 16.2 Å². The Labute approximate surface area is 245 Å². The minimum atomic E-state index is -2.67. The number of rotatable bonds is 6. The molecular formula is C32H26F2N6O3. The number of halogens is 2. The van der Waals surface area contributed by atoms with Crippen molar-refractivity contribution in [2.75, 3.05) is 22.5 Å². The quantitative estimate of drug-likeness (QED) is 0.215. The predicted molar refractivity (Wildman–Crippen MR) is 160 cm³/mol. The Morgan fingerprint density at radius 1 is 1.05 bits per heavy atom. The lowest BCUT2D eigenvalue weighted by Gasteiger charge is -2.17. The fourth-order valence-electron chi connectivity index (χ4n) is 5.25. The van der Waals surface area contributed by atoms with Gasteiger partial charge in [-0.1, -0.05) is 18.2 Å². The molecule has 0 unspecified atom stereocenters. The number of phenols is 1. The van der Waals surface area contributed by atoms with Crippen LogP contribution < -0.4 is 16.0 Å². The highest BCUT2D eigenvalue weighted by molar-refractivity contribution is 6.07. The summed E-state index contributed by atoms with van der Waals surface area (Å²) in [6, 6.07) is 15.7. The number of carbonyl (C=O) groups is 2. The minimum absolute atomic E-state index is 0.0113. The van der Waals surface area contributed by atoms with Crippen molar-refractivity contribution in [1.29, 1.82) is 0 Å². The average molecular weight is 581 g/mol. The van der Waals surface area contributed by atoms with Gasteiger partial charge in [0.05, 0.1) is 11.1 Å². The molecule has 1 aliphatic heterocycles. The maximum absolute atomic E-state index is 13.2. The monoisotopic (exact) mass is 580 g/mol. The molecule has 3 heterocycles. The Morgan fingerprint density at radius 2 is 1.88 bits per heavy atom. The summed E-state index contributed by atoms with van der Waals surface area (Å²) in [5.41, 5.74) is 9.29. The Hall–Kier alpha value is -5.45. The van der Waals surface area contributed by atoms with Gasteiger partial charge in [0.15, 0.2) is 0 Å².